The van der Waals surface area contributed by atoms with Crippen molar-refractivity contribution in [2.75, 3.05) is 7.05 Å². The van der Waals surface area contributed by atoms with E-state index in [0.29, 0.717) is 11.3 Å². The number of rotatable bonds is 3. The molecule has 0 amide bonds. The molecule has 2 rings (SSSR count). The quantitative estimate of drug-likeness (QED) is 0.920. The SMILES string of the molecule is CNC(c1cccc(C(F)(F)F)c1)c1ccccn1. The van der Waals surface area contributed by atoms with Gasteiger partial charge in [0.25, 0.3) is 0 Å². The van der Waals surface area contributed by atoms with Crippen LogP contribution in [0.25, 0.3) is 0 Å². The van der Waals surface area contributed by atoms with E-state index >= 15 is 0 Å². The summed E-state index contributed by atoms with van der Waals surface area (Å²) >= 11 is 0. The molecule has 0 aliphatic heterocycles. The molecule has 0 radical (unpaired) electrons. The molecule has 0 fully saturated rings. The second-order valence-corrected chi connectivity index (χ2v) is 4.10. The molecule has 1 aromatic heterocycles. The summed E-state index contributed by atoms with van der Waals surface area (Å²) in [6, 6.07) is 10.3. The molecule has 19 heavy (non-hydrogen) atoms. The van der Waals surface area contributed by atoms with Crippen LogP contribution in [0.5, 0.6) is 0 Å². The average Bonchev–Trinajstić information content (AvgIpc) is 2.40. The summed E-state index contributed by atoms with van der Waals surface area (Å²) in [6.45, 7) is 0. The molecule has 0 saturated carbocycles. The molecule has 1 aromatic carbocycles. The largest absolute Gasteiger partial charge is 0.416 e. The van der Waals surface area contributed by atoms with E-state index in [-0.39, 0.29) is 6.04 Å². The smallest absolute Gasteiger partial charge is 0.308 e. The van der Waals surface area contributed by atoms with E-state index in [9.17, 15) is 13.2 Å². The highest BCUT2D eigenvalue weighted by Crippen LogP contribution is 2.31. The van der Waals surface area contributed by atoms with Crippen molar-refractivity contribution < 1.29 is 13.2 Å². The van der Waals surface area contributed by atoms with Gasteiger partial charge in [-0.3, -0.25) is 4.98 Å². The zero-order chi connectivity index (χ0) is 13.9. The van der Waals surface area contributed by atoms with Crippen molar-refractivity contribution in [2.24, 2.45) is 0 Å². The summed E-state index contributed by atoms with van der Waals surface area (Å²) in [5, 5.41) is 2.98. The highest BCUT2D eigenvalue weighted by atomic mass is 19.4. The summed E-state index contributed by atoms with van der Waals surface area (Å²) in [4.78, 5) is 4.17. The average molecular weight is 266 g/mol. The number of benzene rings is 1. The highest BCUT2D eigenvalue weighted by Gasteiger charge is 2.31. The summed E-state index contributed by atoms with van der Waals surface area (Å²) in [6.07, 6.45) is -2.72. The molecule has 2 aromatic rings. The number of alkyl halides is 3. The Morgan fingerprint density at radius 3 is 2.47 bits per heavy atom. The van der Waals surface area contributed by atoms with Gasteiger partial charge in [-0.25, -0.2) is 0 Å². The van der Waals surface area contributed by atoms with Crippen LogP contribution < -0.4 is 5.32 Å². The predicted molar refractivity (Wildman–Crippen MR) is 66.6 cm³/mol. The maximum Gasteiger partial charge on any atom is 0.416 e. The Morgan fingerprint density at radius 1 is 1.11 bits per heavy atom. The molecular weight excluding hydrogens is 253 g/mol. The van der Waals surface area contributed by atoms with Gasteiger partial charge in [0.1, 0.15) is 0 Å². The summed E-state index contributed by atoms with van der Waals surface area (Å²) in [5.74, 6) is 0. The minimum Gasteiger partial charge on any atom is -0.308 e. The Hall–Kier alpha value is -1.88. The van der Waals surface area contributed by atoms with Gasteiger partial charge in [0.05, 0.1) is 17.3 Å². The first-order chi connectivity index (χ1) is 9.02. The van der Waals surface area contributed by atoms with Crippen LogP contribution in [0.2, 0.25) is 0 Å². The van der Waals surface area contributed by atoms with Gasteiger partial charge in [-0.05, 0) is 36.9 Å². The molecule has 0 spiro atoms. The fraction of sp³-hybridized carbons (Fsp3) is 0.214. The third-order valence-corrected chi connectivity index (χ3v) is 2.82. The lowest BCUT2D eigenvalue weighted by Crippen LogP contribution is -2.19. The second-order valence-electron chi connectivity index (χ2n) is 4.10. The molecule has 1 atom stereocenters. The van der Waals surface area contributed by atoms with E-state index in [0.717, 1.165) is 12.1 Å². The fourth-order valence-corrected chi connectivity index (χ4v) is 1.93. The van der Waals surface area contributed by atoms with Crippen molar-refractivity contribution in [3.05, 3.63) is 65.5 Å². The van der Waals surface area contributed by atoms with Crippen molar-refractivity contribution in [2.45, 2.75) is 12.2 Å². The third kappa shape index (κ3) is 3.12. The molecule has 1 N–H and O–H groups in total. The fourth-order valence-electron chi connectivity index (χ4n) is 1.93. The number of pyridine rings is 1. The predicted octanol–water partition coefficient (Wildman–Crippen LogP) is 3.41. The topological polar surface area (TPSA) is 24.9 Å². The zero-order valence-electron chi connectivity index (χ0n) is 10.3. The number of hydrogen-bond donors (Lipinski definition) is 1. The van der Waals surface area contributed by atoms with Gasteiger partial charge in [-0.15, -0.1) is 0 Å². The summed E-state index contributed by atoms with van der Waals surface area (Å²) < 4.78 is 38.1. The Morgan fingerprint density at radius 2 is 1.89 bits per heavy atom. The maximum atomic E-state index is 12.7. The van der Waals surface area contributed by atoms with Crippen LogP contribution in [0.1, 0.15) is 22.9 Å². The first-order valence-corrected chi connectivity index (χ1v) is 5.77. The molecule has 2 nitrogen and oxygen atoms in total. The molecular formula is C14H13F3N2. The minimum atomic E-state index is -4.33. The van der Waals surface area contributed by atoms with Crippen LogP contribution in [0.3, 0.4) is 0 Å². The van der Waals surface area contributed by atoms with E-state index < -0.39 is 11.7 Å². The van der Waals surface area contributed by atoms with Gasteiger partial charge in [0.15, 0.2) is 0 Å². The molecule has 1 unspecified atom stereocenters. The van der Waals surface area contributed by atoms with E-state index in [1.807, 2.05) is 0 Å². The van der Waals surface area contributed by atoms with Gasteiger partial charge in [-0.2, -0.15) is 13.2 Å². The standard InChI is InChI=1S/C14H13F3N2/c1-18-13(12-7-2-3-8-19-12)10-5-4-6-11(9-10)14(15,16)17/h2-9,13,18H,1H3. The highest BCUT2D eigenvalue weighted by molar-refractivity contribution is 5.32. The van der Waals surface area contributed by atoms with Gasteiger partial charge in [-0.1, -0.05) is 18.2 Å². The van der Waals surface area contributed by atoms with Crippen molar-refractivity contribution in [1.82, 2.24) is 10.3 Å². The molecule has 100 valence electrons. The summed E-state index contributed by atoms with van der Waals surface area (Å²) in [5.41, 5.74) is 0.571. The third-order valence-electron chi connectivity index (χ3n) is 2.82. The molecule has 0 bridgehead atoms. The second kappa shape index (κ2) is 5.40. The monoisotopic (exact) mass is 266 g/mol. The number of nitrogens with zero attached hydrogens (tertiary/aromatic N) is 1. The van der Waals surface area contributed by atoms with Crippen LogP contribution >= 0.6 is 0 Å². The van der Waals surface area contributed by atoms with E-state index in [4.69, 9.17) is 0 Å². The van der Waals surface area contributed by atoms with Crippen LogP contribution in [0, 0.1) is 0 Å². The van der Waals surface area contributed by atoms with Crippen molar-refractivity contribution in [3.8, 4) is 0 Å². The van der Waals surface area contributed by atoms with E-state index in [2.05, 4.69) is 10.3 Å². The first kappa shape index (κ1) is 13.5. The van der Waals surface area contributed by atoms with Gasteiger partial charge >= 0.3 is 6.18 Å². The summed E-state index contributed by atoms with van der Waals surface area (Å²) in [7, 11) is 1.69. The van der Waals surface area contributed by atoms with Gasteiger partial charge < -0.3 is 5.32 Å². The lowest BCUT2D eigenvalue weighted by Gasteiger charge is -2.17. The lowest BCUT2D eigenvalue weighted by molar-refractivity contribution is -0.137. The van der Waals surface area contributed by atoms with E-state index in [1.54, 1.807) is 37.5 Å². The molecule has 0 saturated heterocycles. The molecule has 1 heterocycles. The van der Waals surface area contributed by atoms with Crippen LogP contribution in [-0.4, -0.2) is 12.0 Å². The normalized spacial score (nSPS) is 13.3. The number of hydrogen-bond acceptors (Lipinski definition) is 2. The van der Waals surface area contributed by atoms with Gasteiger partial charge in [0, 0.05) is 6.20 Å². The van der Waals surface area contributed by atoms with Crippen LogP contribution in [0.15, 0.2) is 48.7 Å². The molecule has 0 aliphatic carbocycles. The Bertz CT molecular complexity index is 538. The van der Waals surface area contributed by atoms with Gasteiger partial charge in [0.2, 0.25) is 0 Å². The van der Waals surface area contributed by atoms with Crippen molar-refractivity contribution >= 4 is 0 Å². The molecule has 5 heteroatoms. The number of nitrogens with one attached hydrogen (secondary N) is 1. The number of aromatic nitrogens is 1. The number of halogens is 3. The zero-order valence-corrected chi connectivity index (χ0v) is 10.3. The Kier molecular flexibility index (Phi) is 3.85. The van der Waals surface area contributed by atoms with Crippen LogP contribution in [-0.2, 0) is 6.18 Å². The molecule has 0 aliphatic rings. The lowest BCUT2D eigenvalue weighted by atomic mass is 10.0. The first-order valence-electron chi connectivity index (χ1n) is 5.77. The van der Waals surface area contributed by atoms with Crippen molar-refractivity contribution in [3.63, 3.8) is 0 Å². The Balaban J connectivity index is 2.40. The van der Waals surface area contributed by atoms with Crippen LogP contribution in [0.4, 0.5) is 13.2 Å². The van der Waals surface area contributed by atoms with E-state index in [1.165, 1.54) is 6.07 Å². The minimum absolute atomic E-state index is 0.358. The van der Waals surface area contributed by atoms with Crippen molar-refractivity contribution in [1.29, 1.82) is 0 Å². The Labute approximate surface area is 109 Å². The maximum absolute atomic E-state index is 12.7.